The molecule has 6 nitrogen and oxygen atoms in total. The van der Waals surface area contributed by atoms with Gasteiger partial charge >= 0.3 is 6.03 Å². The van der Waals surface area contributed by atoms with Gasteiger partial charge in [-0.15, -0.1) is 0 Å². The summed E-state index contributed by atoms with van der Waals surface area (Å²) in [6.45, 7) is 4.03. The molecule has 0 radical (unpaired) electrons. The summed E-state index contributed by atoms with van der Waals surface area (Å²) in [4.78, 5) is 18.8. The normalized spacial score (nSPS) is 18.3. The summed E-state index contributed by atoms with van der Waals surface area (Å²) >= 11 is 0. The van der Waals surface area contributed by atoms with Gasteiger partial charge in [-0.3, -0.25) is 0 Å². The van der Waals surface area contributed by atoms with Gasteiger partial charge in [-0.25, -0.2) is 9.78 Å². The maximum Gasteiger partial charge on any atom is 0.318 e. The Bertz CT molecular complexity index is 682. The first-order valence-electron chi connectivity index (χ1n) is 8.34. The van der Waals surface area contributed by atoms with Crippen LogP contribution in [0.3, 0.4) is 0 Å². The van der Waals surface area contributed by atoms with Crippen LogP contribution in [0.4, 0.5) is 4.79 Å². The number of hydrogen-bond donors (Lipinski definition) is 2. The highest BCUT2D eigenvalue weighted by atomic mass is 16.3. The van der Waals surface area contributed by atoms with Gasteiger partial charge in [0.15, 0.2) is 0 Å². The van der Waals surface area contributed by atoms with Crippen molar-refractivity contribution in [2.75, 3.05) is 13.2 Å². The van der Waals surface area contributed by atoms with Crippen molar-refractivity contribution in [3.05, 3.63) is 30.1 Å². The number of piperidine rings is 1. The summed E-state index contributed by atoms with van der Waals surface area (Å²) in [6.07, 6.45) is 2.94. The van der Waals surface area contributed by atoms with Gasteiger partial charge in [0.2, 0.25) is 0 Å². The molecule has 0 spiro atoms. The third-order valence-corrected chi connectivity index (χ3v) is 4.55. The van der Waals surface area contributed by atoms with Crippen LogP contribution in [-0.2, 0) is 13.1 Å². The second-order valence-electron chi connectivity index (χ2n) is 5.95. The molecule has 0 aliphatic carbocycles. The number of carbonyl (C=O) groups is 1. The molecule has 3 rings (SSSR count). The Morgan fingerprint density at radius 1 is 1.39 bits per heavy atom. The number of aryl methyl sites for hydroxylation is 1. The number of urea groups is 1. The third kappa shape index (κ3) is 3.17. The molecule has 1 aliphatic heterocycles. The van der Waals surface area contributed by atoms with Crippen molar-refractivity contribution in [1.29, 1.82) is 0 Å². The van der Waals surface area contributed by atoms with Gasteiger partial charge in [0.1, 0.15) is 5.82 Å². The van der Waals surface area contributed by atoms with Crippen molar-refractivity contribution in [1.82, 2.24) is 19.8 Å². The summed E-state index contributed by atoms with van der Waals surface area (Å²) < 4.78 is 2.12. The number of hydrogen-bond acceptors (Lipinski definition) is 3. The average Bonchev–Trinajstić information content (AvgIpc) is 2.97. The predicted molar refractivity (Wildman–Crippen MR) is 89.1 cm³/mol. The van der Waals surface area contributed by atoms with E-state index < -0.39 is 0 Å². The van der Waals surface area contributed by atoms with Gasteiger partial charge in [-0.2, -0.15) is 0 Å². The minimum Gasteiger partial charge on any atom is -0.394 e. The van der Waals surface area contributed by atoms with Crippen LogP contribution in [0.25, 0.3) is 11.0 Å². The van der Waals surface area contributed by atoms with E-state index in [0.717, 1.165) is 42.7 Å². The van der Waals surface area contributed by atoms with Crippen LogP contribution in [0.15, 0.2) is 24.3 Å². The van der Waals surface area contributed by atoms with Crippen LogP contribution in [-0.4, -0.2) is 44.8 Å². The summed E-state index contributed by atoms with van der Waals surface area (Å²) in [5.41, 5.74) is 2.04. The van der Waals surface area contributed by atoms with Crippen LogP contribution < -0.4 is 5.32 Å². The molecular weight excluding hydrogens is 292 g/mol. The molecule has 0 saturated carbocycles. The Hall–Kier alpha value is -2.08. The van der Waals surface area contributed by atoms with E-state index in [4.69, 9.17) is 0 Å². The second kappa shape index (κ2) is 7.00. The summed E-state index contributed by atoms with van der Waals surface area (Å²) in [5, 5.41) is 12.4. The van der Waals surface area contributed by atoms with E-state index in [1.54, 1.807) is 4.90 Å². The lowest BCUT2D eigenvalue weighted by Gasteiger charge is -2.34. The molecular formula is C17H24N4O2. The van der Waals surface area contributed by atoms with Crippen LogP contribution in [0.5, 0.6) is 0 Å². The fraction of sp³-hybridized carbons (Fsp3) is 0.529. The molecule has 2 heterocycles. The van der Waals surface area contributed by atoms with Crippen molar-refractivity contribution in [2.24, 2.45) is 0 Å². The molecule has 1 aliphatic rings. The number of carbonyl (C=O) groups excluding carboxylic acids is 1. The summed E-state index contributed by atoms with van der Waals surface area (Å²) in [7, 11) is 0. The topological polar surface area (TPSA) is 70.4 Å². The number of rotatable bonds is 4. The predicted octanol–water partition coefficient (Wildman–Crippen LogP) is 2.11. The van der Waals surface area contributed by atoms with Crippen LogP contribution in [0.1, 0.15) is 32.0 Å². The minimum atomic E-state index is -0.113. The lowest BCUT2D eigenvalue weighted by atomic mass is 10.0. The molecule has 2 aromatic rings. The second-order valence-corrected chi connectivity index (χ2v) is 5.95. The van der Waals surface area contributed by atoms with Crippen LogP contribution in [0.2, 0.25) is 0 Å². The van der Waals surface area contributed by atoms with E-state index >= 15 is 0 Å². The number of para-hydroxylation sites is 2. The highest BCUT2D eigenvalue weighted by Gasteiger charge is 2.26. The Kier molecular flexibility index (Phi) is 4.81. The van der Waals surface area contributed by atoms with Gasteiger partial charge in [0.05, 0.1) is 30.2 Å². The Balaban J connectivity index is 1.71. The first-order valence-corrected chi connectivity index (χ1v) is 8.34. The number of nitrogens with one attached hydrogen (secondary N) is 1. The van der Waals surface area contributed by atoms with E-state index in [9.17, 15) is 9.90 Å². The zero-order chi connectivity index (χ0) is 16.2. The average molecular weight is 316 g/mol. The molecule has 0 unspecified atom stereocenters. The molecule has 6 heteroatoms. The summed E-state index contributed by atoms with van der Waals surface area (Å²) in [5.74, 6) is 0.861. The van der Waals surface area contributed by atoms with Gasteiger partial charge in [-0.1, -0.05) is 12.1 Å². The molecule has 0 bridgehead atoms. The van der Waals surface area contributed by atoms with Crippen LogP contribution in [0, 0.1) is 0 Å². The molecule has 23 heavy (non-hydrogen) atoms. The number of aromatic nitrogens is 2. The number of imidazole rings is 1. The van der Waals surface area contributed by atoms with E-state index in [1.807, 2.05) is 24.3 Å². The fourth-order valence-corrected chi connectivity index (χ4v) is 3.33. The number of nitrogens with zero attached hydrogens (tertiary/aromatic N) is 3. The number of aliphatic hydroxyl groups excluding tert-OH is 1. The van der Waals surface area contributed by atoms with Crippen molar-refractivity contribution >= 4 is 17.1 Å². The highest BCUT2D eigenvalue weighted by Crippen LogP contribution is 2.18. The first kappa shape index (κ1) is 15.8. The number of benzene rings is 1. The number of aliphatic hydroxyl groups is 1. The van der Waals surface area contributed by atoms with E-state index in [0.29, 0.717) is 13.1 Å². The lowest BCUT2D eigenvalue weighted by Crippen LogP contribution is -2.50. The summed E-state index contributed by atoms with van der Waals surface area (Å²) in [6, 6.07) is 7.82. The number of fused-ring (bicyclic) bond motifs is 1. The van der Waals surface area contributed by atoms with Gasteiger partial charge in [0, 0.05) is 13.1 Å². The highest BCUT2D eigenvalue weighted by molar-refractivity contribution is 5.77. The van der Waals surface area contributed by atoms with E-state index in [2.05, 4.69) is 21.8 Å². The molecule has 1 atom stereocenters. The molecule has 2 N–H and O–H groups in total. The third-order valence-electron chi connectivity index (χ3n) is 4.55. The molecule has 1 aromatic carbocycles. The van der Waals surface area contributed by atoms with Crippen molar-refractivity contribution in [3.63, 3.8) is 0 Å². The van der Waals surface area contributed by atoms with Gasteiger partial charge in [0.25, 0.3) is 0 Å². The Labute approximate surface area is 136 Å². The molecule has 1 saturated heterocycles. The first-order chi connectivity index (χ1) is 11.2. The lowest BCUT2D eigenvalue weighted by molar-refractivity contribution is 0.108. The van der Waals surface area contributed by atoms with Crippen molar-refractivity contribution < 1.29 is 9.90 Å². The molecule has 2 amide bonds. The minimum absolute atomic E-state index is 0.0287. The number of amides is 2. The standard InChI is InChI=1S/C17H24N4O2/c1-2-20-15-9-4-3-8-14(15)19-16(20)11-18-17(23)21-10-6-5-7-13(21)12-22/h3-4,8-9,13,22H,2,5-7,10-12H2,1H3,(H,18,23)/t13-/m1/s1. The zero-order valence-corrected chi connectivity index (χ0v) is 13.5. The number of likely N-dealkylation sites (tertiary alicyclic amines) is 1. The molecule has 124 valence electrons. The van der Waals surface area contributed by atoms with E-state index in [1.165, 1.54) is 0 Å². The molecule has 1 fully saturated rings. The Morgan fingerprint density at radius 3 is 3.00 bits per heavy atom. The smallest absolute Gasteiger partial charge is 0.318 e. The van der Waals surface area contributed by atoms with Crippen LogP contribution >= 0.6 is 0 Å². The van der Waals surface area contributed by atoms with Gasteiger partial charge < -0.3 is 19.9 Å². The maximum atomic E-state index is 12.4. The van der Waals surface area contributed by atoms with E-state index in [-0.39, 0.29) is 18.7 Å². The zero-order valence-electron chi connectivity index (χ0n) is 13.5. The quantitative estimate of drug-likeness (QED) is 0.907. The largest absolute Gasteiger partial charge is 0.394 e. The maximum absolute atomic E-state index is 12.4. The SMILES string of the molecule is CCn1c(CNC(=O)N2CCCC[C@@H]2CO)nc2ccccc21. The molecule has 1 aromatic heterocycles. The monoisotopic (exact) mass is 316 g/mol. The van der Waals surface area contributed by atoms with Crippen molar-refractivity contribution in [3.8, 4) is 0 Å². The van der Waals surface area contributed by atoms with Gasteiger partial charge in [-0.05, 0) is 38.3 Å². The Morgan fingerprint density at radius 2 is 2.22 bits per heavy atom. The fourth-order valence-electron chi connectivity index (χ4n) is 3.33. The van der Waals surface area contributed by atoms with Crippen molar-refractivity contribution in [2.45, 2.75) is 45.3 Å².